The van der Waals surface area contributed by atoms with Gasteiger partial charge in [-0.2, -0.15) is 0 Å². The molecule has 0 saturated heterocycles. The van der Waals surface area contributed by atoms with Gasteiger partial charge >= 0.3 is 0 Å². The molecule has 0 spiro atoms. The molecule has 0 unspecified atom stereocenters. The first-order valence-corrected chi connectivity index (χ1v) is 11.1. The van der Waals surface area contributed by atoms with Crippen LogP contribution in [0.25, 0.3) is 10.9 Å². The lowest BCUT2D eigenvalue weighted by molar-refractivity contribution is -0.117. The van der Waals surface area contributed by atoms with Crippen LogP contribution in [0.2, 0.25) is 0 Å². The molecule has 1 N–H and O–H groups in total. The van der Waals surface area contributed by atoms with Crippen LogP contribution in [0.4, 0.5) is 0 Å². The number of fused-ring (bicyclic) bond motifs is 1. The Morgan fingerprint density at radius 3 is 2.63 bits per heavy atom. The second-order valence-electron chi connectivity index (χ2n) is 7.10. The van der Waals surface area contributed by atoms with E-state index >= 15 is 0 Å². The van der Waals surface area contributed by atoms with E-state index < -0.39 is 11.8 Å². The Balaban J connectivity index is 1.74. The lowest BCUT2D eigenvalue weighted by Gasteiger charge is -2.13. The first kappa shape index (κ1) is 21.8. The molecule has 0 fully saturated rings. The lowest BCUT2D eigenvalue weighted by Crippen LogP contribution is -2.33. The third kappa shape index (κ3) is 5.18. The fourth-order valence-electron chi connectivity index (χ4n) is 3.21. The van der Waals surface area contributed by atoms with Crippen molar-refractivity contribution in [3.8, 4) is 0 Å². The van der Waals surface area contributed by atoms with Gasteiger partial charge in [0.15, 0.2) is 5.16 Å². The number of hydrogen-bond donors (Lipinski definition) is 1. The van der Waals surface area contributed by atoms with Crippen molar-refractivity contribution in [2.45, 2.75) is 44.3 Å². The van der Waals surface area contributed by atoms with Gasteiger partial charge in [-0.1, -0.05) is 50.1 Å². The Kier molecular flexibility index (Phi) is 7.46. The molecule has 3 rings (SSSR count). The Bertz CT molecular complexity index is 1100. The van der Waals surface area contributed by atoms with E-state index in [1.807, 2.05) is 12.1 Å². The Hall–Kier alpha value is -2.87. The summed E-state index contributed by atoms with van der Waals surface area (Å²) in [5, 5.41) is 3.46. The third-order valence-electron chi connectivity index (χ3n) is 4.82. The van der Waals surface area contributed by atoms with E-state index in [2.05, 4.69) is 17.2 Å². The van der Waals surface area contributed by atoms with E-state index in [0.717, 1.165) is 25.7 Å². The minimum Gasteiger partial charge on any atom is -0.347 e. The second kappa shape index (κ2) is 10.2. The van der Waals surface area contributed by atoms with Crippen molar-refractivity contribution in [2.24, 2.45) is 7.05 Å². The van der Waals surface area contributed by atoms with Crippen molar-refractivity contribution in [1.82, 2.24) is 19.4 Å². The summed E-state index contributed by atoms with van der Waals surface area (Å²) in [6.07, 6.45) is 5.87. The normalized spacial score (nSPS) is 11.0. The molecule has 7 nitrogen and oxygen atoms in total. The molecule has 0 bridgehead atoms. The zero-order chi connectivity index (χ0) is 21.5. The maximum atomic E-state index is 13.0. The maximum absolute atomic E-state index is 13.0. The highest BCUT2D eigenvalue weighted by Crippen LogP contribution is 2.18. The highest BCUT2D eigenvalue weighted by molar-refractivity contribution is 7.99. The first-order chi connectivity index (χ1) is 14.5. The van der Waals surface area contributed by atoms with Crippen LogP contribution in [0.5, 0.6) is 0 Å². The van der Waals surface area contributed by atoms with E-state index in [9.17, 15) is 14.4 Å². The predicted octanol–water partition coefficient (Wildman–Crippen LogP) is 3.36. The molecule has 158 valence electrons. The van der Waals surface area contributed by atoms with Crippen LogP contribution < -0.4 is 10.9 Å². The number of aromatic nitrogens is 3. The summed E-state index contributed by atoms with van der Waals surface area (Å²) in [5.74, 6) is -0.877. The van der Waals surface area contributed by atoms with E-state index in [1.165, 1.54) is 11.8 Å². The average Bonchev–Trinajstić information content (AvgIpc) is 3.17. The van der Waals surface area contributed by atoms with Gasteiger partial charge in [-0.25, -0.2) is 4.98 Å². The standard InChI is InChI=1S/C22H26N4O3S/c1-3-4-5-8-14-26-21(29)16-10-6-7-11-17(16)23-22(26)30-15-19(27)24-20(28)18-12-9-13-25(18)2/h6-7,9-13H,3-5,8,14-15H2,1-2H3,(H,24,27,28). The molecule has 0 radical (unpaired) electrons. The number of nitrogens with zero attached hydrogens (tertiary/aromatic N) is 3. The van der Waals surface area contributed by atoms with Gasteiger partial charge < -0.3 is 4.57 Å². The fourth-order valence-corrected chi connectivity index (χ4v) is 4.03. The van der Waals surface area contributed by atoms with Crippen LogP contribution in [-0.4, -0.2) is 31.7 Å². The number of amides is 2. The number of benzene rings is 1. The number of carbonyl (C=O) groups excluding carboxylic acids is 2. The summed E-state index contributed by atoms with van der Waals surface area (Å²) in [6, 6.07) is 10.6. The average molecular weight is 427 g/mol. The van der Waals surface area contributed by atoms with Crippen LogP contribution in [0.3, 0.4) is 0 Å². The fraction of sp³-hybridized carbons (Fsp3) is 0.364. The minimum atomic E-state index is -0.448. The summed E-state index contributed by atoms with van der Waals surface area (Å²) in [4.78, 5) is 42.1. The summed E-state index contributed by atoms with van der Waals surface area (Å²) < 4.78 is 3.30. The predicted molar refractivity (Wildman–Crippen MR) is 119 cm³/mol. The topological polar surface area (TPSA) is 86.0 Å². The third-order valence-corrected chi connectivity index (χ3v) is 5.80. The molecule has 0 atom stereocenters. The molecule has 8 heteroatoms. The molecule has 2 amide bonds. The summed E-state index contributed by atoms with van der Waals surface area (Å²) in [5.41, 5.74) is 0.917. The molecular formula is C22H26N4O3S. The molecule has 2 heterocycles. The van der Waals surface area contributed by atoms with E-state index in [4.69, 9.17) is 0 Å². The molecule has 0 aliphatic heterocycles. The molecule has 1 aromatic carbocycles. The van der Waals surface area contributed by atoms with Gasteiger partial charge in [-0.15, -0.1) is 0 Å². The molecular weight excluding hydrogens is 400 g/mol. The van der Waals surface area contributed by atoms with Gasteiger partial charge in [-0.3, -0.25) is 24.3 Å². The lowest BCUT2D eigenvalue weighted by atomic mass is 10.2. The number of nitrogens with one attached hydrogen (secondary N) is 1. The SMILES string of the molecule is CCCCCCn1c(SCC(=O)NC(=O)c2cccn2C)nc2ccccc2c1=O. The number of para-hydroxylation sites is 1. The van der Waals surface area contributed by atoms with E-state index in [1.54, 1.807) is 46.6 Å². The zero-order valence-corrected chi connectivity index (χ0v) is 18.1. The molecule has 0 aliphatic carbocycles. The Morgan fingerprint density at radius 2 is 1.90 bits per heavy atom. The largest absolute Gasteiger partial charge is 0.347 e. The van der Waals surface area contributed by atoms with Crippen LogP contribution in [0.15, 0.2) is 52.5 Å². The molecule has 0 saturated carbocycles. The van der Waals surface area contributed by atoms with Crippen molar-refractivity contribution in [1.29, 1.82) is 0 Å². The van der Waals surface area contributed by atoms with Gasteiger partial charge in [0.05, 0.1) is 16.7 Å². The molecule has 30 heavy (non-hydrogen) atoms. The van der Waals surface area contributed by atoms with Crippen molar-refractivity contribution in [3.05, 3.63) is 58.6 Å². The summed E-state index contributed by atoms with van der Waals surface area (Å²) >= 11 is 1.17. The van der Waals surface area contributed by atoms with Crippen molar-refractivity contribution in [3.63, 3.8) is 0 Å². The summed E-state index contributed by atoms with van der Waals surface area (Å²) in [7, 11) is 1.74. The van der Waals surface area contributed by atoms with Gasteiger partial charge in [-0.05, 0) is 30.7 Å². The highest BCUT2D eigenvalue weighted by Gasteiger charge is 2.16. The number of hydrogen-bond acceptors (Lipinski definition) is 5. The van der Waals surface area contributed by atoms with Crippen molar-refractivity contribution >= 4 is 34.5 Å². The van der Waals surface area contributed by atoms with Gasteiger partial charge in [0.2, 0.25) is 5.91 Å². The molecule has 2 aromatic heterocycles. The van der Waals surface area contributed by atoms with E-state index in [0.29, 0.717) is 28.3 Å². The minimum absolute atomic E-state index is 0.00406. The zero-order valence-electron chi connectivity index (χ0n) is 17.3. The van der Waals surface area contributed by atoms with Crippen LogP contribution in [0, 0.1) is 0 Å². The Labute approximate surface area is 179 Å². The van der Waals surface area contributed by atoms with Crippen molar-refractivity contribution in [2.75, 3.05) is 5.75 Å². The van der Waals surface area contributed by atoms with Gasteiger partial charge in [0.25, 0.3) is 11.5 Å². The van der Waals surface area contributed by atoms with Crippen LogP contribution >= 0.6 is 11.8 Å². The van der Waals surface area contributed by atoms with E-state index in [-0.39, 0.29) is 11.3 Å². The smallest absolute Gasteiger partial charge is 0.274 e. The number of aryl methyl sites for hydroxylation is 1. The van der Waals surface area contributed by atoms with Crippen LogP contribution in [0.1, 0.15) is 43.1 Å². The molecule has 0 aliphatic rings. The first-order valence-electron chi connectivity index (χ1n) is 10.1. The second-order valence-corrected chi connectivity index (χ2v) is 8.04. The number of rotatable bonds is 9. The monoisotopic (exact) mass is 426 g/mol. The molecule has 3 aromatic rings. The van der Waals surface area contributed by atoms with Gasteiger partial charge in [0, 0.05) is 19.8 Å². The number of carbonyl (C=O) groups is 2. The Morgan fingerprint density at radius 1 is 1.10 bits per heavy atom. The number of thioether (sulfide) groups is 1. The number of unbranched alkanes of at least 4 members (excludes halogenated alkanes) is 3. The van der Waals surface area contributed by atoms with Gasteiger partial charge in [0.1, 0.15) is 5.69 Å². The maximum Gasteiger partial charge on any atom is 0.274 e. The van der Waals surface area contributed by atoms with Crippen molar-refractivity contribution < 1.29 is 9.59 Å². The quantitative estimate of drug-likeness (QED) is 0.322. The summed E-state index contributed by atoms with van der Waals surface area (Å²) in [6.45, 7) is 2.70. The van der Waals surface area contributed by atoms with Crippen LogP contribution in [-0.2, 0) is 18.4 Å². The number of imide groups is 1. The highest BCUT2D eigenvalue weighted by atomic mass is 32.2.